The van der Waals surface area contributed by atoms with Crippen LogP contribution in [0.5, 0.6) is 0 Å². The van der Waals surface area contributed by atoms with Gasteiger partial charge in [0, 0.05) is 30.1 Å². The average Bonchev–Trinajstić information content (AvgIpc) is 2.94. The first kappa shape index (κ1) is 15.2. The number of aryl methyl sites for hydroxylation is 1. The van der Waals surface area contributed by atoms with Crippen LogP contribution in [0, 0.1) is 6.92 Å². The minimum absolute atomic E-state index is 0.363. The fourth-order valence-electron chi connectivity index (χ4n) is 3.02. The van der Waals surface area contributed by atoms with Crippen molar-refractivity contribution in [2.45, 2.75) is 32.2 Å². The van der Waals surface area contributed by atoms with Crippen LogP contribution in [0.2, 0.25) is 0 Å². The second kappa shape index (κ2) is 6.58. The van der Waals surface area contributed by atoms with E-state index < -0.39 is 5.97 Å². The fraction of sp³-hybridized carbons (Fsp3) is 0.412. The van der Waals surface area contributed by atoms with Crippen LogP contribution in [0.1, 0.15) is 45.4 Å². The number of aromatic nitrogens is 1. The Morgan fingerprint density at radius 1 is 1.50 bits per heavy atom. The van der Waals surface area contributed by atoms with Gasteiger partial charge in [0.15, 0.2) is 0 Å². The van der Waals surface area contributed by atoms with Gasteiger partial charge in [0.25, 0.3) is 0 Å². The second-order valence-electron chi connectivity index (χ2n) is 5.91. The van der Waals surface area contributed by atoms with Crippen molar-refractivity contribution in [1.82, 2.24) is 9.88 Å². The van der Waals surface area contributed by atoms with Crippen LogP contribution in [0.4, 0.5) is 0 Å². The molecule has 0 spiro atoms. The molecule has 1 aromatic carbocycles. The number of carboxylic acid groups (broad SMARTS) is 1. The van der Waals surface area contributed by atoms with Gasteiger partial charge in [-0.2, -0.15) is 0 Å². The first-order chi connectivity index (χ1) is 10.6. The molecule has 0 bridgehead atoms. The average molecular weight is 316 g/mol. The zero-order valence-corrected chi connectivity index (χ0v) is 13.5. The van der Waals surface area contributed by atoms with Crippen LogP contribution in [-0.4, -0.2) is 34.0 Å². The largest absolute Gasteiger partial charge is 0.478 e. The molecule has 1 unspecified atom stereocenters. The van der Waals surface area contributed by atoms with E-state index in [2.05, 4.69) is 15.3 Å². The third-order valence-corrected chi connectivity index (χ3v) is 5.20. The van der Waals surface area contributed by atoms with E-state index in [1.165, 1.54) is 17.8 Å². The van der Waals surface area contributed by atoms with Gasteiger partial charge in [-0.05, 0) is 44.0 Å². The molecule has 1 aliphatic heterocycles. The van der Waals surface area contributed by atoms with Gasteiger partial charge in [-0.25, -0.2) is 9.78 Å². The first-order valence-corrected chi connectivity index (χ1v) is 8.46. The zero-order chi connectivity index (χ0) is 15.5. The lowest BCUT2D eigenvalue weighted by atomic mass is 9.98. The van der Waals surface area contributed by atoms with Crippen molar-refractivity contribution in [1.29, 1.82) is 0 Å². The number of aromatic carboxylic acids is 1. The Kier molecular flexibility index (Phi) is 4.55. The number of benzene rings is 1. The molecule has 1 aliphatic rings. The van der Waals surface area contributed by atoms with Crippen molar-refractivity contribution >= 4 is 17.3 Å². The molecule has 4 nitrogen and oxygen atoms in total. The lowest BCUT2D eigenvalue weighted by Gasteiger charge is -2.31. The van der Waals surface area contributed by atoms with Crippen molar-refractivity contribution < 1.29 is 9.90 Å². The summed E-state index contributed by atoms with van der Waals surface area (Å²) in [6.07, 6.45) is 2.36. The normalized spacial score (nSPS) is 19.2. The van der Waals surface area contributed by atoms with Crippen LogP contribution in [0.25, 0.3) is 0 Å². The van der Waals surface area contributed by atoms with Crippen molar-refractivity contribution in [2.24, 2.45) is 0 Å². The number of piperidine rings is 1. The van der Waals surface area contributed by atoms with E-state index in [1.807, 2.05) is 19.1 Å². The molecule has 1 fully saturated rings. The monoisotopic (exact) mass is 316 g/mol. The third-order valence-electron chi connectivity index (χ3n) is 4.07. The number of carbonyl (C=O) groups is 1. The summed E-state index contributed by atoms with van der Waals surface area (Å²) in [5.41, 5.74) is 2.53. The minimum Gasteiger partial charge on any atom is -0.478 e. The van der Waals surface area contributed by atoms with Gasteiger partial charge in [0.2, 0.25) is 0 Å². The van der Waals surface area contributed by atoms with Gasteiger partial charge >= 0.3 is 5.97 Å². The van der Waals surface area contributed by atoms with Gasteiger partial charge < -0.3 is 5.11 Å². The molecule has 0 aliphatic carbocycles. The van der Waals surface area contributed by atoms with E-state index in [4.69, 9.17) is 5.11 Å². The Labute approximate surface area is 134 Å². The van der Waals surface area contributed by atoms with E-state index in [0.29, 0.717) is 11.5 Å². The maximum atomic E-state index is 11.1. The van der Waals surface area contributed by atoms with E-state index >= 15 is 0 Å². The van der Waals surface area contributed by atoms with Crippen LogP contribution < -0.4 is 0 Å². The lowest BCUT2D eigenvalue weighted by molar-refractivity contribution is 0.0696. The topological polar surface area (TPSA) is 53.4 Å². The number of hydrogen-bond acceptors (Lipinski definition) is 4. The summed E-state index contributed by atoms with van der Waals surface area (Å²) in [6.45, 7) is 4.92. The maximum absolute atomic E-state index is 11.1. The predicted molar refractivity (Wildman–Crippen MR) is 87.5 cm³/mol. The lowest BCUT2D eigenvalue weighted by Crippen LogP contribution is -2.33. The van der Waals surface area contributed by atoms with E-state index in [9.17, 15) is 4.79 Å². The van der Waals surface area contributed by atoms with Gasteiger partial charge in [0.1, 0.15) is 0 Å². The number of nitrogens with zero attached hydrogens (tertiary/aromatic N) is 2. The summed E-state index contributed by atoms with van der Waals surface area (Å²) in [5, 5.41) is 12.4. The quantitative estimate of drug-likeness (QED) is 0.937. The Hall–Kier alpha value is -1.72. The highest BCUT2D eigenvalue weighted by molar-refractivity contribution is 7.09. The van der Waals surface area contributed by atoms with Crippen LogP contribution in [-0.2, 0) is 6.54 Å². The molecule has 3 rings (SSSR count). The summed E-state index contributed by atoms with van der Waals surface area (Å²) in [7, 11) is 0. The standard InChI is InChI=1S/C17H20N2O2S/c1-12-11-22-16(18-12)15-6-3-7-19(10-15)9-13-4-2-5-14(8-13)17(20)21/h2,4-5,8,11,15H,3,6-7,9-10H2,1H3,(H,20,21). The third kappa shape index (κ3) is 3.54. The highest BCUT2D eigenvalue weighted by Gasteiger charge is 2.23. The Balaban J connectivity index is 1.67. The number of thiazole rings is 1. The second-order valence-corrected chi connectivity index (χ2v) is 6.80. The maximum Gasteiger partial charge on any atom is 0.335 e. The zero-order valence-electron chi connectivity index (χ0n) is 12.7. The molecule has 0 radical (unpaired) electrons. The first-order valence-electron chi connectivity index (χ1n) is 7.58. The summed E-state index contributed by atoms with van der Waals surface area (Å²) in [5.74, 6) is -0.355. The number of hydrogen-bond donors (Lipinski definition) is 1. The van der Waals surface area contributed by atoms with E-state index in [1.54, 1.807) is 23.5 Å². The Morgan fingerprint density at radius 2 is 2.36 bits per heavy atom. The van der Waals surface area contributed by atoms with Gasteiger partial charge in [0.05, 0.1) is 10.6 Å². The summed E-state index contributed by atoms with van der Waals surface area (Å²) in [6, 6.07) is 7.25. The van der Waals surface area contributed by atoms with Crippen molar-refractivity contribution in [2.75, 3.05) is 13.1 Å². The molecule has 0 amide bonds. The molecule has 2 aromatic rings. The van der Waals surface area contributed by atoms with Crippen LogP contribution in [0.15, 0.2) is 29.6 Å². The molecule has 1 aromatic heterocycles. The molecule has 1 atom stereocenters. The summed E-state index contributed by atoms with van der Waals surface area (Å²) < 4.78 is 0. The van der Waals surface area contributed by atoms with Gasteiger partial charge in [-0.15, -0.1) is 11.3 Å². The number of rotatable bonds is 4. The van der Waals surface area contributed by atoms with Crippen molar-refractivity contribution in [3.05, 3.63) is 51.5 Å². The summed E-state index contributed by atoms with van der Waals surface area (Å²) >= 11 is 1.76. The fourth-order valence-corrected chi connectivity index (χ4v) is 3.95. The molecule has 5 heteroatoms. The molecule has 116 valence electrons. The molecular weight excluding hydrogens is 296 g/mol. The van der Waals surface area contributed by atoms with Gasteiger partial charge in [-0.3, -0.25) is 4.90 Å². The SMILES string of the molecule is Cc1csc(C2CCCN(Cc3cccc(C(=O)O)c3)C2)n1. The van der Waals surface area contributed by atoms with Crippen LogP contribution >= 0.6 is 11.3 Å². The van der Waals surface area contributed by atoms with Gasteiger partial charge in [-0.1, -0.05) is 12.1 Å². The van der Waals surface area contributed by atoms with Crippen molar-refractivity contribution in [3.63, 3.8) is 0 Å². The summed E-state index contributed by atoms with van der Waals surface area (Å²) in [4.78, 5) is 18.1. The molecule has 1 saturated heterocycles. The smallest absolute Gasteiger partial charge is 0.335 e. The number of likely N-dealkylation sites (tertiary alicyclic amines) is 1. The number of carboxylic acids is 1. The Morgan fingerprint density at radius 3 is 3.09 bits per heavy atom. The minimum atomic E-state index is -0.864. The molecule has 1 N–H and O–H groups in total. The molecule has 2 heterocycles. The highest BCUT2D eigenvalue weighted by atomic mass is 32.1. The van der Waals surface area contributed by atoms with Crippen molar-refractivity contribution in [3.8, 4) is 0 Å². The molecular formula is C17H20N2O2S. The highest BCUT2D eigenvalue weighted by Crippen LogP contribution is 2.29. The predicted octanol–water partition coefficient (Wildman–Crippen LogP) is 3.53. The van der Waals surface area contributed by atoms with E-state index in [0.717, 1.165) is 30.9 Å². The molecule has 22 heavy (non-hydrogen) atoms. The van der Waals surface area contributed by atoms with E-state index in [-0.39, 0.29) is 0 Å². The Bertz CT molecular complexity index is 668. The molecule has 0 saturated carbocycles. The van der Waals surface area contributed by atoms with Crippen LogP contribution in [0.3, 0.4) is 0 Å².